The molecule has 1 aliphatic rings. The summed E-state index contributed by atoms with van der Waals surface area (Å²) in [5.74, 6) is 1.21. The molecule has 0 atom stereocenters. The zero-order valence-corrected chi connectivity index (χ0v) is 16.6. The Morgan fingerprint density at radius 2 is 1.76 bits per heavy atom. The van der Waals surface area contributed by atoms with E-state index < -0.39 is 0 Å². The fourth-order valence-electron chi connectivity index (χ4n) is 2.79. The van der Waals surface area contributed by atoms with Gasteiger partial charge in [-0.15, -0.1) is 24.0 Å². The van der Waals surface area contributed by atoms with Crippen LogP contribution >= 0.6 is 24.0 Å². The quantitative estimate of drug-likeness (QED) is 0.440. The van der Waals surface area contributed by atoms with Gasteiger partial charge in [-0.3, -0.25) is 9.79 Å². The molecule has 0 bridgehead atoms. The van der Waals surface area contributed by atoms with Crippen LogP contribution < -0.4 is 5.32 Å². The molecule has 7 heteroatoms. The standard InChI is InChI=1S/C18H22N4O2.HI/c1-19-18(20-14-15-6-3-2-4-7-15)22-11-9-21(10-12-22)17(23)16-8-5-13-24-16;/h2-8,13H,9-12,14H2,1H3,(H,19,20);1H. The van der Waals surface area contributed by atoms with Crippen LogP contribution in [0.5, 0.6) is 0 Å². The molecule has 1 N–H and O–H groups in total. The molecule has 2 aromatic rings. The molecule has 1 fully saturated rings. The van der Waals surface area contributed by atoms with Gasteiger partial charge >= 0.3 is 0 Å². The number of aliphatic imine (C=N–C) groups is 1. The smallest absolute Gasteiger partial charge is 0.289 e. The Hall–Kier alpha value is -2.03. The van der Waals surface area contributed by atoms with Crippen molar-refractivity contribution in [3.05, 3.63) is 60.1 Å². The second-order valence-corrected chi connectivity index (χ2v) is 5.64. The summed E-state index contributed by atoms with van der Waals surface area (Å²) in [5, 5.41) is 3.38. The molecule has 25 heavy (non-hydrogen) atoms. The minimum absolute atomic E-state index is 0. The summed E-state index contributed by atoms with van der Waals surface area (Å²) in [6.45, 7) is 3.55. The SMILES string of the molecule is CN=C(NCc1ccccc1)N1CCN(C(=O)c2ccco2)CC1.I. The molecule has 0 unspecified atom stereocenters. The highest BCUT2D eigenvalue weighted by molar-refractivity contribution is 14.0. The maximum atomic E-state index is 12.3. The Morgan fingerprint density at radius 3 is 2.36 bits per heavy atom. The van der Waals surface area contributed by atoms with Crippen LogP contribution in [0, 0.1) is 0 Å². The van der Waals surface area contributed by atoms with E-state index in [4.69, 9.17) is 4.42 Å². The van der Waals surface area contributed by atoms with Crippen LogP contribution in [0.25, 0.3) is 0 Å². The molecular weight excluding hydrogens is 431 g/mol. The lowest BCUT2D eigenvalue weighted by Crippen LogP contribution is -2.53. The molecule has 1 aromatic heterocycles. The van der Waals surface area contributed by atoms with E-state index in [-0.39, 0.29) is 29.9 Å². The first-order valence-corrected chi connectivity index (χ1v) is 8.10. The fraction of sp³-hybridized carbons (Fsp3) is 0.333. The van der Waals surface area contributed by atoms with Crippen molar-refractivity contribution in [3.8, 4) is 0 Å². The van der Waals surface area contributed by atoms with E-state index in [9.17, 15) is 4.79 Å². The number of amides is 1. The number of guanidine groups is 1. The molecule has 0 aliphatic carbocycles. The number of rotatable bonds is 3. The van der Waals surface area contributed by atoms with Crippen molar-refractivity contribution in [1.82, 2.24) is 15.1 Å². The van der Waals surface area contributed by atoms with Crippen molar-refractivity contribution in [2.75, 3.05) is 33.2 Å². The van der Waals surface area contributed by atoms with Crippen molar-refractivity contribution < 1.29 is 9.21 Å². The predicted molar refractivity (Wildman–Crippen MR) is 108 cm³/mol. The van der Waals surface area contributed by atoms with Crippen LogP contribution in [-0.2, 0) is 6.54 Å². The van der Waals surface area contributed by atoms with Crippen molar-refractivity contribution in [2.24, 2.45) is 4.99 Å². The molecule has 3 rings (SSSR count). The molecule has 1 amide bonds. The van der Waals surface area contributed by atoms with Gasteiger partial charge in [-0.25, -0.2) is 0 Å². The molecule has 1 aromatic carbocycles. The van der Waals surface area contributed by atoms with Gasteiger partial charge in [0, 0.05) is 39.8 Å². The number of nitrogens with zero attached hydrogens (tertiary/aromatic N) is 3. The minimum Gasteiger partial charge on any atom is -0.459 e. The number of carbonyl (C=O) groups is 1. The van der Waals surface area contributed by atoms with E-state index in [1.54, 1.807) is 19.2 Å². The van der Waals surface area contributed by atoms with E-state index in [1.807, 2.05) is 23.1 Å². The largest absolute Gasteiger partial charge is 0.459 e. The molecule has 1 aliphatic heterocycles. The summed E-state index contributed by atoms with van der Waals surface area (Å²) < 4.78 is 5.19. The van der Waals surface area contributed by atoms with Crippen molar-refractivity contribution >= 4 is 35.8 Å². The fourth-order valence-corrected chi connectivity index (χ4v) is 2.79. The lowest BCUT2D eigenvalue weighted by atomic mass is 10.2. The van der Waals surface area contributed by atoms with Crippen LogP contribution in [0.3, 0.4) is 0 Å². The first-order valence-electron chi connectivity index (χ1n) is 8.10. The second-order valence-electron chi connectivity index (χ2n) is 5.64. The van der Waals surface area contributed by atoms with Crippen molar-refractivity contribution in [3.63, 3.8) is 0 Å². The zero-order valence-electron chi connectivity index (χ0n) is 14.2. The second kappa shape index (κ2) is 9.45. The zero-order chi connectivity index (χ0) is 16.8. The number of piperazine rings is 1. The molecule has 2 heterocycles. The van der Waals surface area contributed by atoms with E-state index in [0.29, 0.717) is 18.8 Å². The number of benzene rings is 1. The third kappa shape index (κ3) is 4.97. The Morgan fingerprint density at radius 1 is 1.08 bits per heavy atom. The molecule has 134 valence electrons. The summed E-state index contributed by atoms with van der Waals surface area (Å²) in [6, 6.07) is 13.7. The minimum atomic E-state index is -0.0492. The van der Waals surface area contributed by atoms with Gasteiger partial charge < -0.3 is 19.5 Å². The van der Waals surface area contributed by atoms with Crippen molar-refractivity contribution in [1.29, 1.82) is 0 Å². The topological polar surface area (TPSA) is 61.1 Å². The Labute approximate surface area is 164 Å². The summed E-state index contributed by atoms with van der Waals surface area (Å²) in [7, 11) is 1.79. The van der Waals surface area contributed by atoms with Gasteiger partial charge in [0.25, 0.3) is 5.91 Å². The molecule has 0 spiro atoms. The van der Waals surface area contributed by atoms with E-state index >= 15 is 0 Å². The molecule has 6 nitrogen and oxygen atoms in total. The Kier molecular flexibility index (Phi) is 7.30. The first-order chi connectivity index (χ1) is 11.8. The van der Waals surface area contributed by atoms with E-state index in [2.05, 4.69) is 27.3 Å². The molecular formula is C18H23IN4O2. The number of hydrogen-bond acceptors (Lipinski definition) is 3. The third-order valence-electron chi connectivity index (χ3n) is 4.10. The normalized spacial score (nSPS) is 14.8. The number of hydrogen-bond donors (Lipinski definition) is 1. The van der Waals surface area contributed by atoms with Gasteiger partial charge in [0.15, 0.2) is 11.7 Å². The lowest BCUT2D eigenvalue weighted by Gasteiger charge is -2.36. The Balaban J connectivity index is 0.00000225. The van der Waals surface area contributed by atoms with E-state index in [1.165, 1.54) is 11.8 Å². The van der Waals surface area contributed by atoms with Crippen LogP contribution in [0.2, 0.25) is 0 Å². The van der Waals surface area contributed by atoms with Crippen LogP contribution in [0.1, 0.15) is 16.1 Å². The van der Waals surface area contributed by atoms with E-state index in [0.717, 1.165) is 25.6 Å². The highest BCUT2D eigenvalue weighted by Gasteiger charge is 2.24. The lowest BCUT2D eigenvalue weighted by molar-refractivity contribution is 0.0657. The van der Waals surface area contributed by atoms with Gasteiger partial charge in [-0.1, -0.05) is 30.3 Å². The maximum absolute atomic E-state index is 12.3. The van der Waals surface area contributed by atoms with Gasteiger partial charge in [0.05, 0.1) is 6.26 Å². The first kappa shape index (κ1) is 19.3. The third-order valence-corrected chi connectivity index (χ3v) is 4.10. The van der Waals surface area contributed by atoms with Crippen LogP contribution in [0.4, 0.5) is 0 Å². The number of furan rings is 1. The van der Waals surface area contributed by atoms with Gasteiger partial charge in [-0.2, -0.15) is 0 Å². The number of carbonyl (C=O) groups excluding carboxylic acids is 1. The highest BCUT2D eigenvalue weighted by atomic mass is 127. The maximum Gasteiger partial charge on any atom is 0.289 e. The van der Waals surface area contributed by atoms with Crippen LogP contribution in [-0.4, -0.2) is 54.9 Å². The van der Waals surface area contributed by atoms with Crippen LogP contribution in [0.15, 0.2) is 58.1 Å². The summed E-state index contributed by atoms with van der Waals surface area (Å²) in [6.07, 6.45) is 1.53. The monoisotopic (exact) mass is 454 g/mol. The molecule has 0 saturated carbocycles. The highest BCUT2D eigenvalue weighted by Crippen LogP contribution is 2.09. The average Bonchev–Trinajstić information content (AvgIpc) is 3.18. The van der Waals surface area contributed by atoms with Gasteiger partial charge in [0.1, 0.15) is 0 Å². The Bertz CT molecular complexity index is 680. The number of halogens is 1. The molecule has 0 radical (unpaired) electrons. The summed E-state index contributed by atoms with van der Waals surface area (Å²) >= 11 is 0. The van der Waals surface area contributed by atoms with Crippen molar-refractivity contribution in [2.45, 2.75) is 6.54 Å². The van der Waals surface area contributed by atoms with Gasteiger partial charge in [-0.05, 0) is 17.7 Å². The summed E-state index contributed by atoms with van der Waals surface area (Å²) in [4.78, 5) is 20.6. The van der Waals surface area contributed by atoms with Gasteiger partial charge in [0.2, 0.25) is 0 Å². The predicted octanol–water partition coefficient (Wildman–Crippen LogP) is 2.43. The summed E-state index contributed by atoms with van der Waals surface area (Å²) in [5.41, 5.74) is 1.21. The average molecular weight is 454 g/mol. The number of nitrogens with one attached hydrogen (secondary N) is 1. The molecule has 1 saturated heterocycles.